The van der Waals surface area contributed by atoms with E-state index in [9.17, 15) is 0 Å². The maximum Gasteiger partial charge on any atom is 0.0277 e. The fourth-order valence-electron chi connectivity index (χ4n) is 1.26. The van der Waals surface area contributed by atoms with Crippen molar-refractivity contribution in [3.8, 4) is 11.8 Å². The van der Waals surface area contributed by atoms with Gasteiger partial charge in [0.15, 0.2) is 0 Å². The van der Waals surface area contributed by atoms with Crippen LogP contribution in [0, 0.1) is 11.8 Å². The molecule has 0 spiro atoms. The van der Waals surface area contributed by atoms with Crippen LogP contribution in [0.5, 0.6) is 0 Å². The minimum atomic E-state index is 0.699. The third kappa shape index (κ3) is 3.44. The van der Waals surface area contributed by atoms with E-state index in [2.05, 4.69) is 37.0 Å². The standard InChI is InChI=1S/C13H15Cl/c1-2-12-8-5-6-10-13(12)9-4-3-7-11-14/h5-6,8,10H,2-3,7,11H2,1H3. The summed E-state index contributed by atoms with van der Waals surface area (Å²) in [6, 6.07) is 8.30. The highest BCUT2D eigenvalue weighted by Crippen LogP contribution is 2.07. The van der Waals surface area contributed by atoms with Gasteiger partial charge in [-0.15, -0.1) is 11.6 Å². The molecule has 1 aromatic rings. The van der Waals surface area contributed by atoms with E-state index < -0.39 is 0 Å². The van der Waals surface area contributed by atoms with Crippen LogP contribution in [-0.2, 0) is 6.42 Å². The van der Waals surface area contributed by atoms with E-state index in [-0.39, 0.29) is 0 Å². The van der Waals surface area contributed by atoms with E-state index in [1.54, 1.807) is 0 Å². The highest BCUT2D eigenvalue weighted by Gasteiger charge is 1.93. The zero-order valence-corrected chi connectivity index (χ0v) is 9.27. The summed E-state index contributed by atoms with van der Waals surface area (Å²) in [5.41, 5.74) is 2.48. The van der Waals surface area contributed by atoms with Gasteiger partial charge in [0.25, 0.3) is 0 Å². The topological polar surface area (TPSA) is 0 Å². The summed E-state index contributed by atoms with van der Waals surface area (Å²) in [5.74, 6) is 7.03. The molecule has 0 aliphatic carbocycles. The van der Waals surface area contributed by atoms with E-state index >= 15 is 0 Å². The van der Waals surface area contributed by atoms with Crippen molar-refractivity contribution < 1.29 is 0 Å². The molecule has 0 saturated carbocycles. The van der Waals surface area contributed by atoms with Crippen molar-refractivity contribution in [3.05, 3.63) is 35.4 Å². The van der Waals surface area contributed by atoms with Crippen LogP contribution < -0.4 is 0 Å². The SMILES string of the molecule is CCc1ccccc1C#CCCCCl. The molecular formula is C13H15Cl. The van der Waals surface area contributed by atoms with Gasteiger partial charge in [0.1, 0.15) is 0 Å². The molecule has 1 heteroatoms. The van der Waals surface area contributed by atoms with E-state index in [4.69, 9.17) is 11.6 Å². The van der Waals surface area contributed by atoms with Gasteiger partial charge >= 0.3 is 0 Å². The number of alkyl halides is 1. The molecule has 0 fully saturated rings. The van der Waals surface area contributed by atoms with Gasteiger partial charge in [-0.1, -0.05) is 37.0 Å². The summed E-state index contributed by atoms with van der Waals surface area (Å²) in [6.07, 6.45) is 2.91. The smallest absolute Gasteiger partial charge is 0.0277 e. The first-order valence-electron chi connectivity index (χ1n) is 5.01. The summed E-state index contributed by atoms with van der Waals surface area (Å²) in [5, 5.41) is 0. The first-order valence-corrected chi connectivity index (χ1v) is 5.54. The van der Waals surface area contributed by atoms with Crippen LogP contribution in [0.25, 0.3) is 0 Å². The highest BCUT2D eigenvalue weighted by atomic mass is 35.5. The molecule has 1 aromatic carbocycles. The van der Waals surface area contributed by atoms with Crippen molar-refractivity contribution in [1.29, 1.82) is 0 Å². The lowest BCUT2D eigenvalue weighted by molar-refractivity contribution is 0.991. The van der Waals surface area contributed by atoms with Crippen molar-refractivity contribution in [2.75, 3.05) is 5.88 Å². The Morgan fingerprint density at radius 1 is 1.29 bits per heavy atom. The Kier molecular flexibility index (Phi) is 5.19. The predicted molar refractivity (Wildman–Crippen MR) is 62.7 cm³/mol. The predicted octanol–water partition coefficient (Wildman–Crippen LogP) is 3.62. The minimum absolute atomic E-state index is 0.699. The third-order valence-corrected chi connectivity index (χ3v) is 2.32. The Morgan fingerprint density at radius 3 is 2.79 bits per heavy atom. The van der Waals surface area contributed by atoms with E-state index in [1.807, 2.05) is 6.07 Å². The molecule has 0 radical (unpaired) electrons. The van der Waals surface area contributed by atoms with Gasteiger partial charge in [-0.25, -0.2) is 0 Å². The van der Waals surface area contributed by atoms with Crippen LogP contribution in [0.4, 0.5) is 0 Å². The Labute approximate surface area is 91.3 Å². The number of rotatable bonds is 3. The molecule has 0 nitrogen and oxygen atoms in total. The quantitative estimate of drug-likeness (QED) is 0.403. The molecule has 0 aromatic heterocycles. The van der Waals surface area contributed by atoms with Gasteiger partial charge in [-0.3, -0.25) is 0 Å². The Hall–Kier alpha value is -0.930. The molecule has 14 heavy (non-hydrogen) atoms. The first kappa shape index (κ1) is 11.1. The second-order valence-electron chi connectivity index (χ2n) is 3.11. The minimum Gasteiger partial charge on any atom is -0.127 e. The second kappa shape index (κ2) is 6.51. The monoisotopic (exact) mass is 206 g/mol. The lowest BCUT2D eigenvalue weighted by Crippen LogP contribution is -1.85. The van der Waals surface area contributed by atoms with Crippen LogP contribution in [0.2, 0.25) is 0 Å². The lowest BCUT2D eigenvalue weighted by atomic mass is 10.1. The maximum atomic E-state index is 5.57. The maximum absolute atomic E-state index is 5.57. The molecule has 0 atom stereocenters. The van der Waals surface area contributed by atoms with Crippen molar-refractivity contribution in [3.63, 3.8) is 0 Å². The van der Waals surface area contributed by atoms with Gasteiger partial charge in [0.05, 0.1) is 0 Å². The van der Waals surface area contributed by atoms with Crippen LogP contribution in [0.1, 0.15) is 30.9 Å². The number of hydrogen-bond donors (Lipinski definition) is 0. The van der Waals surface area contributed by atoms with E-state index in [0.29, 0.717) is 5.88 Å². The lowest BCUT2D eigenvalue weighted by Gasteiger charge is -1.98. The summed E-state index contributed by atoms with van der Waals surface area (Å²) in [7, 11) is 0. The summed E-state index contributed by atoms with van der Waals surface area (Å²) in [6.45, 7) is 2.15. The van der Waals surface area contributed by atoms with Gasteiger partial charge in [0, 0.05) is 17.9 Å². The zero-order chi connectivity index (χ0) is 10.2. The van der Waals surface area contributed by atoms with Gasteiger partial charge in [-0.05, 0) is 24.5 Å². The van der Waals surface area contributed by atoms with Crippen LogP contribution in [-0.4, -0.2) is 5.88 Å². The number of benzene rings is 1. The number of unbranched alkanes of at least 4 members (excludes halogenated alkanes) is 1. The highest BCUT2D eigenvalue weighted by molar-refractivity contribution is 6.17. The number of halogens is 1. The van der Waals surface area contributed by atoms with Crippen molar-refractivity contribution >= 4 is 11.6 Å². The summed E-state index contributed by atoms with van der Waals surface area (Å²) in [4.78, 5) is 0. The molecule has 0 bridgehead atoms. The van der Waals surface area contributed by atoms with E-state index in [1.165, 1.54) is 5.56 Å². The fraction of sp³-hybridized carbons (Fsp3) is 0.385. The third-order valence-electron chi connectivity index (χ3n) is 2.06. The molecule has 0 unspecified atom stereocenters. The fourth-order valence-corrected chi connectivity index (χ4v) is 1.40. The van der Waals surface area contributed by atoms with Gasteiger partial charge < -0.3 is 0 Å². The molecule has 0 heterocycles. The molecule has 0 aliphatic rings. The summed E-state index contributed by atoms with van der Waals surface area (Å²) >= 11 is 5.57. The van der Waals surface area contributed by atoms with Gasteiger partial charge in [0.2, 0.25) is 0 Å². The second-order valence-corrected chi connectivity index (χ2v) is 3.48. The van der Waals surface area contributed by atoms with Crippen LogP contribution in [0.3, 0.4) is 0 Å². The normalized spacial score (nSPS) is 9.29. The molecule has 0 aliphatic heterocycles. The molecule has 74 valence electrons. The molecule has 0 amide bonds. The average molecular weight is 207 g/mol. The van der Waals surface area contributed by atoms with Gasteiger partial charge in [-0.2, -0.15) is 0 Å². The Bertz CT molecular complexity index is 331. The first-order chi connectivity index (χ1) is 6.88. The van der Waals surface area contributed by atoms with Crippen molar-refractivity contribution in [2.45, 2.75) is 26.2 Å². The Balaban J connectivity index is 2.68. The summed E-state index contributed by atoms with van der Waals surface area (Å²) < 4.78 is 0. The number of hydrogen-bond acceptors (Lipinski definition) is 0. The van der Waals surface area contributed by atoms with E-state index in [0.717, 1.165) is 24.8 Å². The zero-order valence-electron chi connectivity index (χ0n) is 8.52. The molecule has 1 rings (SSSR count). The number of aryl methyl sites for hydroxylation is 1. The molecular weight excluding hydrogens is 192 g/mol. The van der Waals surface area contributed by atoms with Crippen LogP contribution in [0.15, 0.2) is 24.3 Å². The molecule has 0 saturated heterocycles. The average Bonchev–Trinajstić information content (AvgIpc) is 2.25. The van der Waals surface area contributed by atoms with Crippen molar-refractivity contribution in [1.82, 2.24) is 0 Å². The molecule has 0 N–H and O–H groups in total. The van der Waals surface area contributed by atoms with Crippen molar-refractivity contribution in [2.24, 2.45) is 0 Å². The largest absolute Gasteiger partial charge is 0.127 e. The Morgan fingerprint density at radius 2 is 2.07 bits per heavy atom. The van der Waals surface area contributed by atoms with Crippen LogP contribution >= 0.6 is 11.6 Å².